The molecule has 0 saturated carbocycles. The van der Waals surface area contributed by atoms with Crippen molar-refractivity contribution in [3.05, 3.63) is 70.3 Å². The van der Waals surface area contributed by atoms with Gasteiger partial charge in [-0.15, -0.1) is 0 Å². The van der Waals surface area contributed by atoms with Gasteiger partial charge in [-0.05, 0) is 39.4 Å². The van der Waals surface area contributed by atoms with E-state index in [9.17, 15) is 0 Å². The van der Waals surface area contributed by atoms with Crippen LogP contribution in [0.4, 0.5) is 0 Å². The average Bonchev–Trinajstić information content (AvgIpc) is 2.28. The van der Waals surface area contributed by atoms with Gasteiger partial charge in [-0.25, -0.2) is 0 Å². The molecule has 0 aliphatic heterocycles. The Hall–Kier alpha value is -1.09. The van der Waals surface area contributed by atoms with Crippen LogP contribution in [-0.4, -0.2) is 0 Å². The molecular formula is C14H11I. The van der Waals surface area contributed by atoms with Crippen molar-refractivity contribution in [2.24, 2.45) is 0 Å². The summed E-state index contributed by atoms with van der Waals surface area (Å²) in [5.41, 5.74) is 0. The Morgan fingerprint density at radius 2 is 1.13 bits per heavy atom. The SMILES string of the molecule is Ic1cccccccc2ccccc12. The van der Waals surface area contributed by atoms with Gasteiger partial charge in [-0.2, -0.15) is 0 Å². The lowest BCUT2D eigenvalue weighted by molar-refractivity contribution is 1.71. The van der Waals surface area contributed by atoms with E-state index in [1.807, 2.05) is 18.2 Å². The highest BCUT2D eigenvalue weighted by atomic mass is 127. The van der Waals surface area contributed by atoms with E-state index < -0.39 is 0 Å². The summed E-state index contributed by atoms with van der Waals surface area (Å²) in [6, 6.07) is 22.9. The first kappa shape index (κ1) is 10.4. The Bertz CT molecular complexity index is 515. The van der Waals surface area contributed by atoms with Crippen LogP contribution < -0.4 is 0 Å². The number of rotatable bonds is 0. The first-order chi connectivity index (χ1) is 7.38. The van der Waals surface area contributed by atoms with Gasteiger partial charge in [-0.1, -0.05) is 60.7 Å². The predicted molar refractivity (Wildman–Crippen MR) is 74.3 cm³/mol. The molecule has 0 aliphatic rings. The lowest BCUT2D eigenvalue weighted by Gasteiger charge is -1.94. The Balaban J connectivity index is 2.86. The van der Waals surface area contributed by atoms with E-state index >= 15 is 0 Å². The molecule has 0 unspecified atom stereocenters. The smallest absolute Gasteiger partial charge is 0.0208 e. The van der Waals surface area contributed by atoms with E-state index in [0.717, 1.165) is 0 Å². The molecule has 74 valence electrons. The molecule has 0 nitrogen and oxygen atoms in total. The van der Waals surface area contributed by atoms with Crippen LogP contribution in [0.25, 0.3) is 10.8 Å². The maximum absolute atomic E-state index is 2.37. The molecule has 0 bridgehead atoms. The largest absolute Gasteiger partial charge is 0.0623 e. The fourth-order valence-corrected chi connectivity index (χ4v) is 2.14. The van der Waals surface area contributed by atoms with Crippen molar-refractivity contribution < 1.29 is 0 Å². The summed E-state index contributed by atoms with van der Waals surface area (Å²) in [6.45, 7) is 0. The topological polar surface area (TPSA) is 0 Å². The highest BCUT2D eigenvalue weighted by Gasteiger charge is 1.90. The molecule has 0 aliphatic carbocycles. The van der Waals surface area contributed by atoms with Gasteiger partial charge >= 0.3 is 0 Å². The third-order valence-electron chi connectivity index (χ3n) is 2.18. The molecule has 0 N–H and O–H groups in total. The minimum atomic E-state index is 1.26. The molecule has 0 aromatic heterocycles. The van der Waals surface area contributed by atoms with Crippen molar-refractivity contribution in [3.63, 3.8) is 0 Å². The molecule has 0 spiro atoms. The Kier molecular flexibility index (Phi) is 3.56. The summed E-state index contributed by atoms with van der Waals surface area (Å²) < 4.78 is 1.26. The number of hydrogen-bond acceptors (Lipinski definition) is 0. The molecule has 0 heterocycles. The minimum Gasteiger partial charge on any atom is -0.0623 e. The number of halogens is 1. The van der Waals surface area contributed by atoms with Gasteiger partial charge in [-0.3, -0.25) is 0 Å². The van der Waals surface area contributed by atoms with Crippen LogP contribution in [0.5, 0.6) is 0 Å². The molecule has 2 aromatic carbocycles. The molecule has 0 fully saturated rings. The average molecular weight is 306 g/mol. The summed E-state index contributed by atoms with van der Waals surface area (Å²) in [5, 5.41) is 2.55. The quantitative estimate of drug-likeness (QED) is 0.626. The fourth-order valence-electron chi connectivity index (χ4n) is 1.44. The Morgan fingerprint density at radius 3 is 1.93 bits per heavy atom. The van der Waals surface area contributed by atoms with Gasteiger partial charge in [0.25, 0.3) is 0 Å². The van der Waals surface area contributed by atoms with Crippen LogP contribution in [0.3, 0.4) is 0 Å². The zero-order valence-corrected chi connectivity index (χ0v) is 10.4. The van der Waals surface area contributed by atoms with Crippen LogP contribution in [0.2, 0.25) is 0 Å². The van der Waals surface area contributed by atoms with Crippen molar-refractivity contribution in [1.29, 1.82) is 0 Å². The summed E-state index contributed by atoms with van der Waals surface area (Å²) >= 11 is 2.37. The molecule has 0 amide bonds. The summed E-state index contributed by atoms with van der Waals surface area (Å²) in [6.07, 6.45) is 0. The van der Waals surface area contributed by atoms with E-state index in [4.69, 9.17) is 0 Å². The van der Waals surface area contributed by atoms with Crippen LogP contribution in [-0.2, 0) is 0 Å². The van der Waals surface area contributed by atoms with Crippen LogP contribution in [0, 0.1) is 3.57 Å². The monoisotopic (exact) mass is 306 g/mol. The van der Waals surface area contributed by atoms with Gasteiger partial charge in [0.05, 0.1) is 0 Å². The molecule has 2 rings (SSSR count). The van der Waals surface area contributed by atoms with Gasteiger partial charge in [0.15, 0.2) is 0 Å². The van der Waals surface area contributed by atoms with Crippen molar-refractivity contribution >= 4 is 33.4 Å². The minimum absolute atomic E-state index is 1.26. The molecule has 2 aromatic rings. The molecule has 0 atom stereocenters. The third kappa shape index (κ3) is 2.69. The van der Waals surface area contributed by atoms with Crippen LogP contribution in [0.1, 0.15) is 0 Å². The standard InChI is InChI=1S/C14H11I/c15-14-11-5-3-1-2-4-8-12-9-6-7-10-13(12)14/h1-11H. The van der Waals surface area contributed by atoms with E-state index in [-0.39, 0.29) is 0 Å². The zero-order chi connectivity index (χ0) is 10.5. The number of benzene rings is 1. The van der Waals surface area contributed by atoms with Crippen LogP contribution >= 0.6 is 22.6 Å². The first-order valence-electron chi connectivity index (χ1n) is 4.84. The maximum Gasteiger partial charge on any atom is 0.0208 e. The second-order valence-electron chi connectivity index (χ2n) is 3.23. The van der Waals surface area contributed by atoms with E-state index in [2.05, 4.69) is 71.1 Å². The lowest BCUT2D eigenvalue weighted by atomic mass is 10.2. The third-order valence-corrected chi connectivity index (χ3v) is 3.12. The van der Waals surface area contributed by atoms with Crippen LogP contribution in [0.15, 0.2) is 66.7 Å². The van der Waals surface area contributed by atoms with Crippen molar-refractivity contribution in [3.8, 4) is 0 Å². The normalized spacial score (nSPS) is 9.67. The highest BCUT2D eigenvalue weighted by molar-refractivity contribution is 14.1. The predicted octanol–water partition coefficient (Wildman–Crippen LogP) is 4.57. The second-order valence-corrected chi connectivity index (χ2v) is 4.39. The first-order valence-corrected chi connectivity index (χ1v) is 5.92. The molecule has 0 radical (unpaired) electrons. The maximum atomic E-state index is 2.37. The Morgan fingerprint density at radius 1 is 0.600 bits per heavy atom. The molecule has 1 heteroatoms. The number of fused-ring (bicyclic) bond motifs is 1. The van der Waals surface area contributed by atoms with Crippen molar-refractivity contribution in [2.75, 3.05) is 0 Å². The van der Waals surface area contributed by atoms with E-state index in [1.165, 1.54) is 14.3 Å². The van der Waals surface area contributed by atoms with Crippen molar-refractivity contribution in [2.45, 2.75) is 0 Å². The van der Waals surface area contributed by atoms with E-state index in [1.54, 1.807) is 0 Å². The number of hydrogen-bond donors (Lipinski definition) is 0. The second kappa shape index (κ2) is 5.12. The van der Waals surface area contributed by atoms with Gasteiger partial charge in [0, 0.05) is 3.57 Å². The fraction of sp³-hybridized carbons (Fsp3) is 0. The molecule has 0 saturated heterocycles. The molecule has 15 heavy (non-hydrogen) atoms. The van der Waals surface area contributed by atoms with Gasteiger partial charge < -0.3 is 0 Å². The zero-order valence-electron chi connectivity index (χ0n) is 8.23. The van der Waals surface area contributed by atoms with Gasteiger partial charge in [0.1, 0.15) is 0 Å². The van der Waals surface area contributed by atoms with Gasteiger partial charge in [0.2, 0.25) is 0 Å². The summed E-state index contributed by atoms with van der Waals surface area (Å²) in [5.74, 6) is 0. The lowest BCUT2D eigenvalue weighted by Crippen LogP contribution is -1.71. The molecular weight excluding hydrogens is 295 g/mol. The summed E-state index contributed by atoms with van der Waals surface area (Å²) in [4.78, 5) is 0. The summed E-state index contributed by atoms with van der Waals surface area (Å²) in [7, 11) is 0. The van der Waals surface area contributed by atoms with Crippen molar-refractivity contribution in [1.82, 2.24) is 0 Å². The highest BCUT2D eigenvalue weighted by Crippen LogP contribution is 2.16. The Labute approximate surface area is 103 Å². The van der Waals surface area contributed by atoms with E-state index in [0.29, 0.717) is 0 Å².